The summed E-state index contributed by atoms with van der Waals surface area (Å²) in [4.78, 5) is 1.56. The normalized spacial score (nSPS) is 19.1. The second kappa shape index (κ2) is 8.14. The van der Waals surface area contributed by atoms with E-state index in [1.165, 1.54) is 4.90 Å². The number of hydrogen-bond acceptors (Lipinski definition) is 4. The Morgan fingerprint density at radius 1 is 1.20 bits per heavy atom. The minimum atomic E-state index is -3.43. The van der Waals surface area contributed by atoms with E-state index in [9.17, 15) is 13.5 Å². The molecule has 1 aliphatic rings. The molecule has 7 heteroatoms. The maximum absolute atomic E-state index is 12.7. The number of nitrogens with zero attached hydrogens (tertiary/aromatic N) is 1. The third-order valence-electron chi connectivity index (χ3n) is 4.32. The lowest BCUT2D eigenvalue weighted by molar-refractivity contribution is -0.906. The summed E-state index contributed by atoms with van der Waals surface area (Å²) in [5.74, 6) is 0. The van der Waals surface area contributed by atoms with Crippen LogP contribution in [-0.2, 0) is 14.8 Å². The van der Waals surface area contributed by atoms with Gasteiger partial charge in [-0.2, -0.15) is 4.31 Å². The molecule has 0 aliphatic carbocycles. The zero-order chi connectivity index (χ0) is 18.7. The van der Waals surface area contributed by atoms with E-state index < -0.39 is 16.1 Å². The van der Waals surface area contributed by atoms with Crippen molar-refractivity contribution in [2.75, 3.05) is 39.3 Å². The van der Waals surface area contributed by atoms with Crippen molar-refractivity contribution in [3.05, 3.63) is 29.8 Å². The summed E-state index contributed by atoms with van der Waals surface area (Å²) in [6.07, 6.45) is -0.533. The van der Waals surface area contributed by atoms with Crippen molar-refractivity contribution in [1.29, 1.82) is 0 Å². The molecule has 1 atom stereocenters. The zero-order valence-electron chi connectivity index (χ0n) is 15.7. The van der Waals surface area contributed by atoms with Crippen molar-refractivity contribution in [2.45, 2.75) is 44.3 Å². The molecule has 0 bridgehead atoms. The summed E-state index contributed by atoms with van der Waals surface area (Å²) >= 11 is 0. The van der Waals surface area contributed by atoms with Gasteiger partial charge in [-0.15, -0.1) is 0 Å². The standard InChI is InChI=1S/C18H30N2O4S/c1-15-5-7-17(8-6-15)25(22,23)20-11-9-19(10-12-20)13-16(21)14-24-18(2,3)4/h5-8,16,21H,9-14H2,1-4H3/p+1/t16-/m0/s1. The first kappa shape index (κ1) is 20.3. The van der Waals surface area contributed by atoms with Crippen LogP contribution in [0.15, 0.2) is 29.2 Å². The molecule has 0 saturated carbocycles. The Morgan fingerprint density at radius 2 is 1.76 bits per heavy atom. The van der Waals surface area contributed by atoms with Gasteiger partial charge >= 0.3 is 0 Å². The molecule has 1 heterocycles. The number of hydrogen-bond donors (Lipinski definition) is 2. The molecule has 25 heavy (non-hydrogen) atoms. The molecule has 0 radical (unpaired) electrons. The largest absolute Gasteiger partial charge is 0.385 e. The van der Waals surface area contributed by atoms with E-state index in [4.69, 9.17) is 4.74 Å². The van der Waals surface area contributed by atoms with Crippen molar-refractivity contribution in [3.8, 4) is 0 Å². The molecule has 1 aromatic rings. The number of benzene rings is 1. The lowest BCUT2D eigenvalue weighted by atomic mass is 10.2. The maximum atomic E-state index is 12.7. The van der Waals surface area contributed by atoms with Gasteiger partial charge in [0.05, 0.1) is 43.3 Å². The summed E-state index contributed by atoms with van der Waals surface area (Å²) in [7, 11) is -3.43. The van der Waals surface area contributed by atoms with Crippen LogP contribution in [0, 0.1) is 6.92 Å². The Bertz CT molecular complexity index is 645. The van der Waals surface area contributed by atoms with Gasteiger partial charge in [0.1, 0.15) is 12.6 Å². The number of aryl methyl sites for hydroxylation is 1. The maximum Gasteiger partial charge on any atom is 0.243 e. The van der Waals surface area contributed by atoms with Crippen LogP contribution in [-0.4, -0.2) is 68.9 Å². The highest BCUT2D eigenvalue weighted by molar-refractivity contribution is 7.89. The number of nitrogens with one attached hydrogen (secondary N) is 1. The first-order chi connectivity index (χ1) is 11.6. The number of piperazine rings is 1. The van der Waals surface area contributed by atoms with Crippen LogP contribution in [0.25, 0.3) is 0 Å². The fourth-order valence-corrected chi connectivity index (χ4v) is 4.29. The topological polar surface area (TPSA) is 71.3 Å². The van der Waals surface area contributed by atoms with E-state index in [-0.39, 0.29) is 5.60 Å². The van der Waals surface area contributed by atoms with Crippen LogP contribution in [0.4, 0.5) is 0 Å². The molecule has 0 unspecified atom stereocenters. The van der Waals surface area contributed by atoms with E-state index in [1.807, 2.05) is 39.8 Å². The average Bonchev–Trinajstić information content (AvgIpc) is 2.53. The minimum Gasteiger partial charge on any atom is -0.385 e. The molecule has 1 saturated heterocycles. The van der Waals surface area contributed by atoms with Crippen molar-refractivity contribution >= 4 is 10.0 Å². The van der Waals surface area contributed by atoms with Crippen LogP contribution in [0.1, 0.15) is 26.3 Å². The van der Waals surface area contributed by atoms with Crippen LogP contribution < -0.4 is 4.90 Å². The quantitative estimate of drug-likeness (QED) is 0.742. The van der Waals surface area contributed by atoms with Crippen molar-refractivity contribution in [2.24, 2.45) is 0 Å². The SMILES string of the molecule is Cc1ccc(S(=O)(=O)N2CC[NH+](C[C@H](O)COC(C)(C)C)CC2)cc1. The number of aliphatic hydroxyl groups is 1. The molecule has 0 spiro atoms. The Hall–Kier alpha value is -0.990. The van der Waals surface area contributed by atoms with Gasteiger partial charge in [-0.3, -0.25) is 0 Å². The van der Waals surface area contributed by atoms with Crippen LogP contribution >= 0.6 is 0 Å². The predicted molar refractivity (Wildman–Crippen MR) is 97.2 cm³/mol. The lowest BCUT2D eigenvalue weighted by Crippen LogP contribution is -3.15. The molecule has 1 aromatic carbocycles. The molecular weight excluding hydrogens is 340 g/mol. The summed E-state index contributed by atoms with van der Waals surface area (Å²) in [6.45, 7) is 11.0. The van der Waals surface area contributed by atoms with Gasteiger partial charge in [-0.25, -0.2) is 8.42 Å². The van der Waals surface area contributed by atoms with Crippen LogP contribution in [0.5, 0.6) is 0 Å². The fourth-order valence-electron chi connectivity index (χ4n) is 2.84. The fraction of sp³-hybridized carbons (Fsp3) is 0.667. The first-order valence-corrected chi connectivity index (χ1v) is 10.2. The number of aliphatic hydroxyl groups excluding tert-OH is 1. The Morgan fingerprint density at radius 3 is 2.28 bits per heavy atom. The van der Waals surface area contributed by atoms with E-state index in [2.05, 4.69) is 0 Å². The average molecular weight is 372 g/mol. The molecule has 2 N–H and O–H groups in total. The third kappa shape index (κ3) is 6.04. The highest BCUT2D eigenvalue weighted by atomic mass is 32.2. The van der Waals surface area contributed by atoms with E-state index >= 15 is 0 Å². The van der Waals surface area contributed by atoms with Crippen molar-refractivity contribution < 1.29 is 23.2 Å². The minimum absolute atomic E-state index is 0.267. The van der Waals surface area contributed by atoms with Gasteiger partial charge in [0, 0.05) is 0 Å². The highest BCUT2D eigenvalue weighted by Crippen LogP contribution is 2.16. The van der Waals surface area contributed by atoms with Crippen molar-refractivity contribution in [3.63, 3.8) is 0 Å². The second-order valence-electron chi connectivity index (χ2n) is 7.75. The molecule has 0 amide bonds. The number of rotatable bonds is 6. The summed E-state index contributed by atoms with van der Waals surface area (Å²) < 4.78 is 32.5. The highest BCUT2D eigenvalue weighted by Gasteiger charge is 2.31. The van der Waals surface area contributed by atoms with E-state index in [0.717, 1.165) is 5.56 Å². The van der Waals surface area contributed by atoms with Gasteiger partial charge < -0.3 is 14.7 Å². The van der Waals surface area contributed by atoms with Gasteiger partial charge in [0.15, 0.2) is 0 Å². The van der Waals surface area contributed by atoms with Crippen LogP contribution in [0.3, 0.4) is 0 Å². The molecule has 142 valence electrons. The summed E-state index contributed by atoms with van der Waals surface area (Å²) in [5.41, 5.74) is 0.775. The first-order valence-electron chi connectivity index (χ1n) is 8.80. The predicted octanol–water partition coefficient (Wildman–Crippen LogP) is 0.0602. The monoisotopic (exact) mass is 371 g/mol. The summed E-state index contributed by atoms with van der Waals surface area (Å²) in [6, 6.07) is 6.97. The zero-order valence-corrected chi connectivity index (χ0v) is 16.5. The Labute approximate surface area is 151 Å². The molecule has 1 fully saturated rings. The Balaban J connectivity index is 1.85. The number of sulfonamides is 1. The van der Waals surface area contributed by atoms with Gasteiger partial charge in [0.2, 0.25) is 10.0 Å². The van der Waals surface area contributed by atoms with Gasteiger partial charge in [-0.05, 0) is 39.8 Å². The molecule has 2 rings (SSSR count). The van der Waals surface area contributed by atoms with Gasteiger partial charge in [-0.1, -0.05) is 17.7 Å². The molecule has 6 nitrogen and oxygen atoms in total. The van der Waals surface area contributed by atoms with Gasteiger partial charge in [0.25, 0.3) is 0 Å². The number of quaternary nitrogens is 1. The molecule has 0 aromatic heterocycles. The second-order valence-corrected chi connectivity index (χ2v) is 9.69. The molecule has 1 aliphatic heterocycles. The van der Waals surface area contributed by atoms with E-state index in [1.54, 1.807) is 16.4 Å². The Kier molecular flexibility index (Phi) is 6.62. The lowest BCUT2D eigenvalue weighted by Gasteiger charge is -2.32. The van der Waals surface area contributed by atoms with Crippen LogP contribution in [0.2, 0.25) is 0 Å². The number of ether oxygens (including phenoxy) is 1. The van der Waals surface area contributed by atoms with Crippen molar-refractivity contribution in [1.82, 2.24) is 4.31 Å². The smallest absolute Gasteiger partial charge is 0.243 e. The summed E-state index contributed by atoms with van der Waals surface area (Å²) in [5, 5.41) is 10.1. The molecular formula is C18H31N2O4S+. The van der Waals surface area contributed by atoms with E-state index in [0.29, 0.717) is 44.2 Å². The third-order valence-corrected chi connectivity index (χ3v) is 6.23.